The fourth-order valence-electron chi connectivity index (χ4n) is 2.06. The van der Waals surface area contributed by atoms with Crippen LogP contribution in [0, 0.1) is 6.92 Å². The highest BCUT2D eigenvalue weighted by Crippen LogP contribution is 2.20. The second-order valence-corrected chi connectivity index (χ2v) is 4.46. The van der Waals surface area contributed by atoms with Gasteiger partial charge in [0.2, 0.25) is 0 Å². The van der Waals surface area contributed by atoms with E-state index in [0.29, 0.717) is 6.42 Å². The Morgan fingerprint density at radius 3 is 2.79 bits per heavy atom. The zero-order valence-corrected chi connectivity index (χ0v) is 11.5. The highest BCUT2D eigenvalue weighted by Gasteiger charge is 2.18. The summed E-state index contributed by atoms with van der Waals surface area (Å²) in [6.45, 7) is 3.98. The maximum atomic E-state index is 5.69. The molecule has 2 heterocycles. The molecule has 0 saturated carbocycles. The summed E-state index contributed by atoms with van der Waals surface area (Å²) in [5, 5.41) is 12.4. The van der Waals surface area contributed by atoms with Crippen molar-refractivity contribution in [1.29, 1.82) is 0 Å². The van der Waals surface area contributed by atoms with Crippen molar-refractivity contribution < 1.29 is 0 Å². The summed E-state index contributed by atoms with van der Waals surface area (Å²) in [6.07, 6.45) is 3.02. The lowest BCUT2D eigenvalue weighted by molar-refractivity contribution is 0.515. The molecule has 0 bridgehead atoms. The van der Waals surface area contributed by atoms with Crippen LogP contribution in [0.5, 0.6) is 0 Å². The lowest BCUT2D eigenvalue weighted by Gasteiger charge is -2.18. The largest absolute Gasteiger partial charge is 0.271 e. The molecule has 0 aliphatic carbocycles. The second kappa shape index (κ2) is 5.85. The molecule has 19 heavy (non-hydrogen) atoms. The van der Waals surface area contributed by atoms with E-state index in [1.807, 2.05) is 20.0 Å². The molecule has 0 aromatic carbocycles. The maximum absolute atomic E-state index is 5.69. The average Bonchev–Trinajstić information content (AvgIpc) is 2.81. The maximum Gasteiger partial charge on any atom is 0.138 e. The van der Waals surface area contributed by atoms with Gasteiger partial charge < -0.3 is 0 Å². The first-order valence-electron chi connectivity index (χ1n) is 6.27. The van der Waals surface area contributed by atoms with Crippen molar-refractivity contribution >= 4 is 0 Å². The van der Waals surface area contributed by atoms with Gasteiger partial charge in [0.25, 0.3) is 0 Å². The Morgan fingerprint density at radius 1 is 1.42 bits per heavy atom. The van der Waals surface area contributed by atoms with Gasteiger partial charge >= 0.3 is 0 Å². The Bertz CT molecular complexity index is 549. The lowest BCUT2D eigenvalue weighted by Crippen LogP contribution is -2.31. The Labute approximate surface area is 112 Å². The summed E-state index contributed by atoms with van der Waals surface area (Å²) < 4.78 is 1.75. The van der Waals surface area contributed by atoms with Crippen molar-refractivity contribution in [3.8, 4) is 0 Å². The van der Waals surface area contributed by atoms with Crippen LogP contribution in [0.25, 0.3) is 0 Å². The van der Waals surface area contributed by atoms with E-state index >= 15 is 0 Å². The van der Waals surface area contributed by atoms with E-state index in [0.717, 1.165) is 29.2 Å². The number of hydrogen-bond donors (Lipinski definition) is 2. The quantitative estimate of drug-likeness (QED) is 0.590. The summed E-state index contributed by atoms with van der Waals surface area (Å²) in [6, 6.07) is 1.97. The molecule has 1 atom stereocenters. The van der Waals surface area contributed by atoms with Crippen molar-refractivity contribution in [3.63, 3.8) is 0 Å². The molecule has 0 radical (unpaired) electrons. The fraction of sp³-hybridized carbons (Fsp3) is 0.500. The van der Waals surface area contributed by atoms with E-state index in [1.165, 1.54) is 0 Å². The van der Waals surface area contributed by atoms with E-state index in [-0.39, 0.29) is 6.04 Å². The number of nitrogens with zero attached hydrogens (tertiary/aromatic N) is 5. The molecule has 7 nitrogen and oxygen atoms in total. The number of hydrogen-bond acceptors (Lipinski definition) is 6. The zero-order valence-electron chi connectivity index (χ0n) is 11.5. The second-order valence-electron chi connectivity index (χ2n) is 4.46. The van der Waals surface area contributed by atoms with Crippen molar-refractivity contribution in [1.82, 2.24) is 30.4 Å². The van der Waals surface area contributed by atoms with E-state index in [1.54, 1.807) is 11.0 Å². The molecular formula is C12H19N7. The summed E-state index contributed by atoms with van der Waals surface area (Å²) in [7, 11) is 1.87. The minimum Gasteiger partial charge on any atom is -0.271 e. The summed E-state index contributed by atoms with van der Waals surface area (Å²) >= 11 is 0. The van der Waals surface area contributed by atoms with Gasteiger partial charge in [0.05, 0.1) is 17.4 Å². The Kier molecular flexibility index (Phi) is 4.18. The molecule has 0 fully saturated rings. The first-order chi connectivity index (χ1) is 9.15. The number of rotatable bonds is 5. The highest BCUT2D eigenvalue weighted by atomic mass is 15.3. The molecule has 0 saturated heterocycles. The molecule has 0 amide bonds. The molecule has 2 aromatic rings. The van der Waals surface area contributed by atoms with Crippen molar-refractivity contribution in [2.24, 2.45) is 12.9 Å². The zero-order chi connectivity index (χ0) is 13.8. The van der Waals surface area contributed by atoms with E-state index in [2.05, 4.69) is 32.6 Å². The van der Waals surface area contributed by atoms with Crippen LogP contribution in [0.2, 0.25) is 0 Å². The van der Waals surface area contributed by atoms with Gasteiger partial charge in [0, 0.05) is 13.5 Å². The van der Waals surface area contributed by atoms with Gasteiger partial charge in [-0.15, -0.1) is 0 Å². The number of nitrogens with two attached hydrogens (primary N) is 1. The van der Waals surface area contributed by atoms with E-state index < -0.39 is 0 Å². The number of nitrogens with one attached hydrogen (secondary N) is 1. The van der Waals surface area contributed by atoms with Gasteiger partial charge in [0.1, 0.15) is 12.2 Å². The van der Waals surface area contributed by atoms with E-state index in [9.17, 15) is 0 Å². The third-order valence-electron chi connectivity index (χ3n) is 3.13. The van der Waals surface area contributed by atoms with Crippen LogP contribution in [0.3, 0.4) is 0 Å². The Hall–Kier alpha value is -1.86. The minimum absolute atomic E-state index is 0.0490. The molecule has 0 spiro atoms. The van der Waals surface area contributed by atoms with Crippen molar-refractivity contribution in [2.45, 2.75) is 32.7 Å². The molecule has 0 aliphatic heterocycles. The van der Waals surface area contributed by atoms with Gasteiger partial charge in [0.15, 0.2) is 0 Å². The third-order valence-corrected chi connectivity index (χ3v) is 3.13. The van der Waals surface area contributed by atoms with Gasteiger partial charge in [-0.2, -0.15) is 15.3 Å². The third kappa shape index (κ3) is 2.94. The van der Waals surface area contributed by atoms with E-state index in [4.69, 9.17) is 5.84 Å². The topological polar surface area (TPSA) is 94.5 Å². The normalized spacial score (nSPS) is 12.6. The highest BCUT2D eigenvalue weighted by molar-refractivity contribution is 5.25. The van der Waals surface area contributed by atoms with Crippen LogP contribution >= 0.6 is 0 Å². The number of aromatic nitrogens is 5. The summed E-state index contributed by atoms with van der Waals surface area (Å²) in [5.41, 5.74) is 5.74. The smallest absolute Gasteiger partial charge is 0.138 e. The van der Waals surface area contributed by atoms with Crippen LogP contribution < -0.4 is 11.3 Å². The van der Waals surface area contributed by atoms with Gasteiger partial charge in [-0.25, -0.2) is 4.98 Å². The average molecular weight is 261 g/mol. The summed E-state index contributed by atoms with van der Waals surface area (Å²) in [5.74, 6) is 6.56. The lowest BCUT2D eigenvalue weighted by atomic mass is 10.0. The summed E-state index contributed by atoms with van der Waals surface area (Å²) in [4.78, 5) is 4.23. The van der Waals surface area contributed by atoms with Crippen LogP contribution in [-0.4, -0.2) is 25.0 Å². The molecule has 2 rings (SSSR count). The first kappa shape index (κ1) is 13.6. The van der Waals surface area contributed by atoms with Gasteiger partial charge in [-0.3, -0.25) is 16.0 Å². The molecule has 1 unspecified atom stereocenters. The van der Waals surface area contributed by atoms with Crippen molar-refractivity contribution in [3.05, 3.63) is 35.2 Å². The SMILES string of the molecule is CCc1nnc(C)cc1C(Cc1ncnn1C)NN. The van der Waals surface area contributed by atoms with Crippen LogP contribution in [0.4, 0.5) is 0 Å². The van der Waals surface area contributed by atoms with Crippen LogP contribution in [-0.2, 0) is 19.9 Å². The van der Waals surface area contributed by atoms with Crippen LogP contribution in [0.15, 0.2) is 12.4 Å². The van der Waals surface area contributed by atoms with Crippen molar-refractivity contribution in [2.75, 3.05) is 0 Å². The standard InChI is InChI=1S/C12H19N7/c1-4-10-9(5-8(2)17-18-10)11(16-13)6-12-14-7-15-19(12)3/h5,7,11,16H,4,6,13H2,1-3H3. The molecular weight excluding hydrogens is 242 g/mol. The number of aryl methyl sites for hydroxylation is 3. The Balaban J connectivity index is 2.31. The first-order valence-corrected chi connectivity index (χ1v) is 6.27. The monoisotopic (exact) mass is 261 g/mol. The fourth-order valence-corrected chi connectivity index (χ4v) is 2.06. The minimum atomic E-state index is -0.0490. The van der Waals surface area contributed by atoms with Crippen LogP contribution in [0.1, 0.15) is 35.7 Å². The number of hydrazine groups is 1. The molecule has 0 aliphatic rings. The Morgan fingerprint density at radius 2 is 2.21 bits per heavy atom. The molecule has 2 aromatic heterocycles. The predicted molar refractivity (Wildman–Crippen MR) is 70.9 cm³/mol. The molecule has 7 heteroatoms. The molecule has 3 N–H and O–H groups in total. The predicted octanol–water partition coefficient (Wildman–Crippen LogP) is 0.223. The van der Waals surface area contributed by atoms with Gasteiger partial charge in [-0.1, -0.05) is 6.92 Å². The van der Waals surface area contributed by atoms with Gasteiger partial charge in [-0.05, 0) is 25.0 Å². The molecule has 102 valence electrons.